The number of rotatable bonds is 7. The van der Waals surface area contributed by atoms with Crippen molar-refractivity contribution in [2.75, 3.05) is 25.0 Å². The Hall–Kier alpha value is -3.67. The van der Waals surface area contributed by atoms with Gasteiger partial charge in [-0.1, -0.05) is 24.3 Å². The Balaban J connectivity index is 1.64. The lowest BCUT2D eigenvalue weighted by atomic mass is 10.0. The van der Waals surface area contributed by atoms with Crippen molar-refractivity contribution in [3.8, 4) is 11.1 Å². The first-order valence-electron chi connectivity index (χ1n) is 10.5. The third-order valence-corrected chi connectivity index (χ3v) is 5.44. The Kier molecular flexibility index (Phi) is 5.98. The predicted molar refractivity (Wildman–Crippen MR) is 123 cm³/mol. The van der Waals surface area contributed by atoms with Crippen LogP contribution in [0.1, 0.15) is 30.0 Å². The maximum absolute atomic E-state index is 12.5. The van der Waals surface area contributed by atoms with Crippen molar-refractivity contribution in [3.05, 3.63) is 78.5 Å². The van der Waals surface area contributed by atoms with Crippen LogP contribution < -0.4 is 4.90 Å². The van der Waals surface area contributed by atoms with Crippen molar-refractivity contribution >= 4 is 22.6 Å². The molecule has 4 aromatic rings. The van der Waals surface area contributed by atoms with Crippen molar-refractivity contribution in [3.63, 3.8) is 0 Å². The second-order valence-electron chi connectivity index (χ2n) is 7.44. The average Bonchev–Trinajstić information content (AvgIpc) is 3.34. The quantitative estimate of drug-likeness (QED) is 0.425. The molecular weight excluding hydrogens is 388 g/mol. The molecule has 2 aromatic heterocycles. The minimum absolute atomic E-state index is 0.137. The number of fused-ring (bicyclic) bond motifs is 1. The van der Waals surface area contributed by atoms with Gasteiger partial charge in [-0.15, -0.1) is 0 Å². The molecule has 6 nitrogen and oxygen atoms in total. The van der Waals surface area contributed by atoms with Gasteiger partial charge in [-0.3, -0.25) is 4.79 Å². The molecule has 4 rings (SSSR count). The van der Waals surface area contributed by atoms with Crippen molar-refractivity contribution in [1.29, 1.82) is 0 Å². The van der Waals surface area contributed by atoms with E-state index in [0.29, 0.717) is 12.3 Å². The summed E-state index contributed by atoms with van der Waals surface area (Å²) in [4.78, 5) is 25.4. The van der Waals surface area contributed by atoms with Crippen LogP contribution in [0.5, 0.6) is 0 Å². The summed E-state index contributed by atoms with van der Waals surface area (Å²) < 4.78 is 5.23. The molecule has 158 valence electrons. The number of nitrogens with zero attached hydrogens (tertiary/aromatic N) is 4. The van der Waals surface area contributed by atoms with Crippen LogP contribution in [0.15, 0.2) is 71.6 Å². The Labute approximate surface area is 182 Å². The van der Waals surface area contributed by atoms with Crippen LogP contribution in [-0.2, 0) is 6.54 Å². The molecule has 0 atom stereocenters. The summed E-state index contributed by atoms with van der Waals surface area (Å²) >= 11 is 0. The summed E-state index contributed by atoms with van der Waals surface area (Å²) in [6.45, 7) is 6.53. The number of hydrogen-bond acceptors (Lipinski definition) is 5. The zero-order valence-corrected chi connectivity index (χ0v) is 18.1. The van der Waals surface area contributed by atoms with E-state index in [4.69, 9.17) is 4.42 Å². The lowest BCUT2D eigenvalue weighted by Gasteiger charge is -2.21. The minimum atomic E-state index is -0.137. The smallest absolute Gasteiger partial charge is 0.289 e. The highest BCUT2D eigenvalue weighted by Crippen LogP contribution is 2.29. The van der Waals surface area contributed by atoms with Crippen molar-refractivity contribution in [2.45, 2.75) is 20.4 Å². The van der Waals surface area contributed by atoms with E-state index in [1.54, 1.807) is 30.4 Å². The molecule has 0 aliphatic rings. The predicted octanol–water partition coefficient (Wildman–Crippen LogP) is 5.01. The van der Waals surface area contributed by atoms with Gasteiger partial charge in [-0.25, -0.2) is 9.97 Å². The number of furan rings is 1. The molecule has 2 aromatic carbocycles. The second-order valence-corrected chi connectivity index (χ2v) is 7.44. The fraction of sp³-hybridized carbons (Fsp3) is 0.240. The SMILES string of the molecule is CCN(CC)c1ncnc2ccc(-c3cccc(CN(C)C(=O)c4ccco4)c3)cc12. The number of aromatic nitrogens is 2. The molecule has 0 radical (unpaired) electrons. The fourth-order valence-electron chi connectivity index (χ4n) is 3.78. The van der Waals surface area contributed by atoms with Crippen LogP contribution in [0.4, 0.5) is 5.82 Å². The highest BCUT2D eigenvalue weighted by molar-refractivity contribution is 5.93. The molecule has 31 heavy (non-hydrogen) atoms. The molecule has 0 fully saturated rings. The maximum atomic E-state index is 12.5. The fourth-order valence-corrected chi connectivity index (χ4v) is 3.78. The van der Waals surface area contributed by atoms with Crippen molar-refractivity contribution in [1.82, 2.24) is 14.9 Å². The van der Waals surface area contributed by atoms with Crippen LogP contribution in [0.25, 0.3) is 22.0 Å². The molecule has 0 bridgehead atoms. The number of carbonyl (C=O) groups is 1. The Bertz CT molecular complexity index is 1180. The first kappa shape index (κ1) is 20.6. The summed E-state index contributed by atoms with van der Waals surface area (Å²) in [5.74, 6) is 1.16. The van der Waals surface area contributed by atoms with Gasteiger partial charge in [-0.2, -0.15) is 0 Å². The molecule has 2 heterocycles. The molecule has 1 amide bonds. The zero-order chi connectivity index (χ0) is 21.8. The topological polar surface area (TPSA) is 62.5 Å². The first-order valence-corrected chi connectivity index (χ1v) is 10.5. The summed E-state index contributed by atoms with van der Waals surface area (Å²) in [5, 5.41) is 1.04. The summed E-state index contributed by atoms with van der Waals surface area (Å²) in [6, 6.07) is 17.9. The molecule has 0 aliphatic heterocycles. The largest absolute Gasteiger partial charge is 0.459 e. The normalized spacial score (nSPS) is 10.9. The molecule has 0 saturated carbocycles. The van der Waals surface area contributed by atoms with E-state index < -0.39 is 0 Å². The van der Waals surface area contributed by atoms with Gasteiger partial charge in [0.25, 0.3) is 5.91 Å². The van der Waals surface area contributed by atoms with E-state index in [-0.39, 0.29) is 5.91 Å². The first-order chi connectivity index (χ1) is 15.1. The van der Waals surface area contributed by atoms with Gasteiger partial charge in [0, 0.05) is 32.1 Å². The van der Waals surface area contributed by atoms with Crippen LogP contribution >= 0.6 is 0 Å². The molecule has 0 saturated heterocycles. The van der Waals surface area contributed by atoms with E-state index in [1.165, 1.54) is 6.26 Å². The summed E-state index contributed by atoms with van der Waals surface area (Å²) in [5.41, 5.74) is 4.17. The van der Waals surface area contributed by atoms with E-state index in [9.17, 15) is 4.79 Å². The van der Waals surface area contributed by atoms with Crippen LogP contribution in [-0.4, -0.2) is 40.9 Å². The summed E-state index contributed by atoms with van der Waals surface area (Å²) in [6.07, 6.45) is 3.14. The third-order valence-electron chi connectivity index (χ3n) is 5.44. The number of hydrogen-bond donors (Lipinski definition) is 0. The van der Waals surface area contributed by atoms with Gasteiger partial charge in [0.05, 0.1) is 11.8 Å². The molecule has 6 heteroatoms. The second kappa shape index (κ2) is 9.00. The average molecular weight is 415 g/mol. The number of carbonyl (C=O) groups excluding carboxylic acids is 1. The van der Waals surface area contributed by atoms with E-state index in [0.717, 1.165) is 46.5 Å². The number of anilines is 1. The van der Waals surface area contributed by atoms with Gasteiger partial charge in [0.1, 0.15) is 12.1 Å². The maximum Gasteiger partial charge on any atom is 0.289 e. The van der Waals surface area contributed by atoms with Crippen LogP contribution in [0.3, 0.4) is 0 Å². The van der Waals surface area contributed by atoms with Crippen LogP contribution in [0.2, 0.25) is 0 Å². The lowest BCUT2D eigenvalue weighted by Crippen LogP contribution is -2.25. The number of amides is 1. The van der Waals surface area contributed by atoms with Gasteiger partial charge in [0.15, 0.2) is 5.76 Å². The molecule has 0 N–H and O–H groups in total. The molecule has 0 spiro atoms. The zero-order valence-electron chi connectivity index (χ0n) is 18.1. The Morgan fingerprint density at radius 3 is 2.52 bits per heavy atom. The lowest BCUT2D eigenvalue weighted by molar-refractivity contribution is 0.0753. The third kappa shape index (κ3) is 4.28. The highest BCUT2D eigenvalue weighted by Gasteiger charge is 2.15. The standard InChI is InChI=1S/C25H26N4O2/c1-4-29(5-2)24-21-15-20(11-12-22(21)26-17-27-24)19-9-6-8-18(14-19)16-28(3)25(30)23-10-7-13-31-23/h6-15,17H,4-5,16H2,1-3H3. The highest BCUT2D eigenvalue weighted by atomic mass is 16.3. The van der Waals surface area contributed by atoms with Gasteiger partial charge in [0.2, 0.25) is 0 Å². The summed E-state index contributed by atoms with van der Waals surface area (Å²) in [7, 11) is 1.78. The molecule has 0 aliphatic carbocycles. The van der Waals surface area contributed by atoms with Gasteiger partial charge in [-0.05, 0) is 60.9 Å². The monoisotopic (exact) mass is 414 g/mol. The minimum Gasteiger partial charge on any atom is -0.459 e. The van der Waals surface area contributed by atoms with Crippen molar-refractivity contribution < 1.29 is 9.21 Å². The number of benzene rings is 2. The van der Waals surface area contributed by atoms with Gasteiger partial charge >= 0.3 is 0 Å². The van der Waals surface area contributed by atoms with Crippen molar-refractivity contribution in [2.24, 2.45) is 0 Å². The van der Waals surface area contributed by atoms with Gasteiger partial charge < -0.3 is 14.2 Å². The Morgan fingerprint density at radius 1 is 0.968 bits per heavy atom. The van der Waals surface area contributed by atoms with Crippen LogP contribution in [0, 0.1) is 0 Å². The Morgan fingerprint density at radius 2 is 1.77 bits per heavy atom. The molecular formula is C25H26N4O2. The molecule has 0 unspecified atom stereocenters. The van der Waals surface area contributed by atoms with E-state index in [1.807, 2.05) is 18.2 Å². The van der Waals surface area contributed by atoms with E-state index >= 15 is 0 Å². The van der Waals surface area contributed by atoms with E-state index in [2.05, 4.69) is 53.0 Å².